The number of halogens is 6. The molecule has 0 radical (unpaired) electrons. The molecule has 6 atom stereocenters. The van der Waals surface area contributed by atoms with Crippen LogP contribution in [0.3, 0.4) is 0 Å². The van der Waals surface area contributed by atoms with E-state index in [1.54, 1.807) is 40.9 Å². The molecule has 0 spiro atoms. The van der Waals surface area contributed by atoms with Crippen LogP contribution in [0.2, 0.25) is 10.0 Å². The second-order valence-electron chi connectivity index (χ2n) is 11.3. The number of hydrogen-bond acceptors (Lipinski definition) is 8. The number of ether oxygens (including phenoxy) is 4. The van der Waals surface area contributed by atoms with E-state index in [0.717, 1.165) is 17.7 Å². The fourth-order valence-corrected chi connectivity index (χ4v) is 6.49. The van der Waals surface area contributed by atoms with Crippen molar-refractivity contribution in [3.63, 3.8) is 0 Å². The summed E-state index contributed by atoms with van der Waals surface area (Å²) in [6, 6.07) is 15.3. The van der Waals surface area contributed by atoms with Crippen molar-refractivity contribution in [1.29, 1.82) is 0 Å². The molecular formula is C33H26BrCl2F3N6O4. The van der Waals surface area contributed by atoms with E-state index in [9.17, 15) is 13.2 Å². The molecule has 4 heterocycles. The Hall–Kier alpha value is -3.63. The largest absolute Gasteiger partial charge is 0.369 e. The quantitative estimate of drug-likeness (QED) is 0.148. The molecule has 0 aliphatic carbocycles. The van der Waals surface area contributed by atoms with Crippen molar-refractivity contribution in [2.45, 2.75) is 43.7 Å². The fourth-order valence-electron chi connectivity index (χ4n) is 5.98. The van der Waals surface area contributed by atoms with Crippen LogP contribution < -0.4 is 0 Å². The first-order chi connectivity index (χ1) is 23.7. The van der Waals surface area contributed by atoms with E-state index in [0.29, 0.717) is 27.4 Å². The highest BCUT2D eigenvalue weighted by atomic mass is 79.9. The van der Waals surface area contributed by atoms with E-state index >= 15 is 0 Å². The summed E-state index contributed by atoms with van der Waals surface area (Å²) in [5.41, 5.74) is 1.33. The Labute approximate surface area is 296 Å². The van der Waals surface area contributed by atoms with E-state index < -0.39 is 54.2 Å². The molecule has 10 nitrogen and oxygen atoms in total. The van der Waals surface area contributed by atoms with Gasteiger partial charge in [0.2, 0.25) is 0 Å². The Morgan fingerprint density at radius 3 is 2.57 bits per heavy atom. The summed E-state index contributed by atoms with van der Waals surface area (Å²) < 4.78 is 71.3. The highest BCUT2D eigenvalue weighted by molar-refractivity contribution is 9.11. The summed E-state index contributed by atoms with van der Waals surface area (Å²) in [5.74, 6) is -3.51. The lowest BCUT2D eigenvalue weighted by molar-refractivity contribution is -0.322. The predicted molar refractivity (Wildman–Crippen MR) is 176 cm³/mol. The van der Waals surface area contributed by atoms with Gasteiger partial charge >= 0.3 is 0 Å². The number of nitrogens with zero attached hydrogens (tertiary/aromatic N) is 6. The van der Waals surface area contributed by atoms with Crippen LogP contribution in [0, 0.1) is 24.4 Å². The molecule has 0 saturated carbocycles. The Morgan fingerprint density at radius 2 is 1.82 bits per heavy atom. The first kappa shape index (κ1) is 33.8. The lowest BCUT2D eigenvalue weighted by atomic mass is 9.90. The molecule has 0 N–H and O–H groups in total. The standard InChI is InChI=1S/C33H26BrCl2F3N6O4/c1-17-40-32(45(42-17)25-14-20(35)8-9-21(25)36)31-30(46-11-5-10-34)28(29-26(48-31)16-47-33(49-29)18-6-3-2-4-7-18)44-15-24(41-43-44)19-12-22(37)27(39)23(38)13-19/h2-10,12-15,26,28-31,33H,11,16H2,1H3/b10-5-/t26-,28+,29+,30-,31-,33+/m1/s1. The van der Waals surface area contributed by atoms with Crippen molar-refractivity contribution in [3.05, 3.63) is 123 Å². The molecule has 7 rings (SSSR count). The molecule has 0 unspecified atom stereocenters. The molecule has 2 aliphatic rings. The molecule has 2 aliphatic heterocycles. The summed E-state index contributed by atoms with van der Waals surface area (Å²) in [7, 11) is 0. The molecule has 3 aromatic carbocycles. The summed E-state index contributed by atoms with van der Waals surface area (Å²) in [6.45, 7) is 1.97. The minimum absolute atomic E-state index is 0.0106. The van der Waals surface area contributed by atoms with Gasteiger partial charge in [-0.3, -0.25) is 0 Å². The van der Waals surface area contributed by atoms with Crippen LogP contribution in [0.25, 0.3) is 16.9 Å². The van der Waals surface area contributed by atoms with Gasteiger partial charge < -0.3 is 18.9 Å². The maximum atomic E-state index is 14.2. The molecule has 2 fully saturated rings. The van der Waals surface area contributed by atoms with Crippen molar-refractivity contribution in [2.75, 3.05) is 13.2 Å². The Bertz CT molecular complexity index is 1980. The van der Waals surface area contributed by atoms with Crippen LogP contribution in [0.4, 0.5) is 13.2 Å². The zero-order chi connectivity index (χ0) is 34.2. The summed E-state index contributed by atoms with van der Waals surface area (Å²) in [6.07, 6.45) is -0.735. The average molecular weight is 778 g/mol. The van der Waals surface area contributed by atoms with Crippen LogP contribution in [0.15, 0.2) is 77.9 Å². The Morgan fingerprint density at radius 1 is 1.04 bits per heavy atom. The van der Waals surface area contributed by atoms with Crippen LogP contribution in [0.5, 0.6) is 0 Å². The van der Waals surface area contributed by atoms with Crippen molar-refractivity contribution in [1.82, 2.24) is 29.8 Å². The van der Waals surface area contributed by atoms with E-state index in [1.807, 2.05) is 30.3 Å². The monoisotopic (exact) mass is 776 g/mol. The molecule has 0 bridgehead atoms. The summed E-state index contributed by atoms with van der Waals surface area (Å²) in [4.78, 5) is 6.40. The summed E-state index contributed by atoms with van der Waals surface area (Å²) in [5, 5.41) is 14.0. The first-order valence-electron chi connectivity index (χ1n) is 15.0. The molecule has 49 heavy (non-hydrogen) atoms. The third kappa shape index (κ3) is 6.78. The van der Waals surface area contributed by atoms with Crippen molar-refractivity contribution < 1.29 is 32.1 Å². The van der Waals surface area contributed by atoms with Crippen LogP contribution in [-0.2, 0) is 18.9 Å². The average Bonchev–Trinajstić information content (AvgIpc) is 3.75. The molecule has 254 valence electrons. The van der Waals surface area contributed by atoms with Gasteiger partial charge in [-0.25, -0.2) is 27.5 Å². The Balaban J connectivity index is 1.36. The second kappa shape index (κ2) is 14.3. The second-order valence-corrected chi connectivity index (χ2v) is 12.7. The zero-order valence-electron chi connectivity index (χ0n) is 25.5. The minimum Gasteiger partial charge on any atom is -0.369 e. The van der Waals surface area contributed by atoms with E-state index in [4.69, 9.17) is 47.1 Å². The number of hydrogen-bond donors (Lipinski definition) is 0. The van der Waals surface area contributed by atoms with E-state index in [1.165, 1.54) is 10.9 Å². The van der Waals surface area contributed by atoms with Gasteiger partial charge in [-0.1, -0.05) is 80.8 Å². The molecule has 16 heteroatoms. The minimum atomic E-state index is -1.58. The van der Waals surface area contributed by atoms with Crippen molar-refractivity contribution in [3.8, 4) is 16.9 Å². The van der Waals surface area contributed by atoms with Crippen molar-refractivity contribution in [2.24, 2.45) is 0 Å². The number of benzene rings is 3. The van der Waals surface area contributed by atoms with Gasteiger partial charge in [0.25, 0.3) is 0 Å². The van der Waals surface area contributed by atoms with Gasteiger partial charge in [-0.05, 0) is 42.2 Å². The third-order valence-electron chi connectivity index (χ3n) is 8.12. The summed E-state index contributed by atoms with van der Waals surface area (Å²) >= 11 is 16.3. The maximum Gasteiger partial charge on any atom is 0.194 e. The van der Waals surface area contributed by atoms with Gasteiger partial charge in [0.1, 0.15) is 42.0 Å². The Kier molecular flexibility index (Phi) is 9.88. The van der Waals surface area contributed by atoms with Gasteiger partial charge in [0.15, 0.2) is 29.6 Å². The van der Waals surface area contributed by atoms with Gasteiger partial charge in [0, 0.05) is 16.1 Å². The molecule has 0 amide bonds. The smallest absolute Gasteiger partial charge is 0.194 e. The number of aromatic nitrogens is 6. The van der Waals surface area contributed by atoms with Crippen molar-refractivity contribution >= 4 is 39.1 Å². The normalized spacial score (nSPS) is 24.0. The van der Waals surface area contributed by atoms with Crippen LogP contribution in [0.1, 0.15) is 35.6 Å². The number of rotatable bonds is 8. The third-order valence-corrected chi connectivity index (χ3v) is 9.05. The van der Waals surface area contributed by atoms with Gasteiger partial charge in [-0.15, -0.1) is 5.10 Å². The van der Waals surface area contributed by atoms with Gasteiger partial charge in [-0.2, -0.15) is 5.10 Å². The van der Waals surface area contributed by atoms with E-state index in [-0.39, 0.29) is 24.5 Å². The van der Waals surface area contributed by atoms with Crippen LogP contribution >= 0.6 is 39.1 Å². The van der Waals surface area contributed by atoms with E-state index in [2.05, 4.69) is 31.3 Å². The predicted octanol–water partition coefficient (Wildman–Crippen LogP) is 7.65. The fraction of sp³-hybridized carbons (Fsp3) is 0.273. The first-order valence-corrected chi connectivity index (χ1v) is 16.7. The lowest BCUT2D eigenvalue weighted by Gasteiger charge is -2.49. The number of aryl methyl sites for hydroxylation is 1. The SMILES string of the molecule is Cc1nc([C@@H]2O[C@@H]3CO[C@H](c4ccccc4)O[C@@H]3[C@H](n3cc(-c4cc(F)c(F)c(F)c4)nn3)[C@H]2OC/C=C\Br)n(-c2cc(Cl)ccc2Cl)n1. The highest BCUT2D eigenvalue weighted by Gasteiger charge is 2.53. The zero-order valence-corrected chi connectivity index (χ0v) is 28.6. The number of fused-ring (bicyclic) bond motifs is 1. The topological polar surface area (TPSA) is 98.3 Å². The molecule has 5 aromatic rings. The molecule has 2 saturated heterocycles. The highest BCUT2D eigenvalue weighted by Crippen LogP contribution is 2.45. The molecular weight excluding hydrogens is 752 g/mol. The van der Waals surface area contributed by atoms with Crippen LogP contribution in [-0.4, -0.2) is 61.3 Å². The maximum absolute atomic E-state index is 14.2. The van der Waals surface area contributed by atoms with Gasteiger partial charge in [0.05, 0.1) is 30.1 Å². The molecule has 2 aromatic heterocycles. The lowest BCUT2D eigenvalue weighted by Crippen LogP contribution is -2.57.